The predicted molar refractivity (Wildman–Crippen MR) is 77.1 cm³/mol. The van der Waals surface area contributed by atoms with Crippen molar-refractivity contribution in [1.29, 1.82) is 0 Å². The SMILES string of the molecule is CS(=O)(=O)Oc1c(-c2ccsc2)[nH]c2ccccc12. The lowest BCUT2D eigenvalue weighted by molar-refractivity contribution is 0.496. The fourth-order valence-corrected chi connectivity index (χ4v) is 3.09. The van der Waals surface area contributed by atoms with Crippen molar-refractivity contribution in [2.24, 2.45) is 0 Å². The molecule has 0 saturated carbocycles. The highest BCUT2D eigenvalue weighted by Gasteiger charge is 2.18. The highest BCUT2D eigenvalue weighted by Crippen LogP contribution is 2.38. The van der Waals surface area contributed by atoms with Crippen LogP contribution in [0.1, 0.15) is 0 Å². The van der Waals surface area contributed by atoms with E-state index in [-0.39, 0.29) is 0 Å². The van der Waals surface area contributed by atoms with Gasteiger partial charge in [0.25, 0.3) is 0 Å². The van der Waals surface area contributed by atoms with Crippen molar-refractivity contribution in [2.45, 2.75) is 0 Å². The zero-order chi connectivity index (χ0) is 13.5. The van der Waals surface area contributed by atoms with Gasteiger partial charge in [0.05, 0.1) is 11.9 Å². The van der Waals surface area contributed by atoms with Gasteiger partial charge in [-0.25, -0.2) is 0 Å². The first-order chi connectivity index (χ1) is 9.04. The molecular weight excluding hydrogens is 282 g/mol. The molecule has 0 spiro atoms. The summed E-state index contributed by atoms with van der Waals surface area (Å²) >= 11 is 1.55. The Labute approximate surface area is 114 Å². The first-order valence-corrected chi connectivity index (χ1v) is 8.33. The molecule has 98 valence electrons. The third kappa shape index (κ3) is 2.36. The molecule has 1 aromatic carbocycles. The Hall–Kier alpha value is -1.79. The number of aromatic amines is 1. The molecule has 0 saturated heterocycles. The number of para-hydroxylation sites is 1. The molecule has 0 atom stereocenters. The smallest absolute Gasteiger partial charge is 0.306 e. The number of benzene rings is 1. The van der Waals surface area contributed by atoms with Gasteiger partial charge in [-0.05, 0) is 23.6 Å². The summed E-state index contributed by atoms with van der Waals surface area (Å²) in [7, 11) is -3.57. The average molecular weight is 293 g/mol. The van der Waals surface area contributed by atoms with Gasteiger partial charge in [0.15, 0.2) is 5.75 Å². The molecule has 0 bridgehead atoms. The van der Waals surface area contributed by atoms with E-state index in [1.165, 1.54) is 0 Å². The summed E-state index contributed by atoms with van der Waals surface area (Å²) < 4.78 is 28.0. The van der Waals surface area contributed by atoms with Crippen molar-refractivity contribution in [3.05, 3.63) is 41.1 Å². The monoisotopic (exact) mass is 293 g/mol. The number of aromatic nitrogens is 1. The van der Waals surface area contributed by atoms with E-state index in [9.17, 15) is 8.42 Å². The van der Waals surface area contributed by atoms with E-state index in [4.69, 9.17) is 4.18 Å². The topological polar surface area (TPSA) is 59.2 Å². The summed E-state index contributed by atoms with van der Waals surface area (Å²) in [5.41, 5.74) is 2.45. The quantitative estimate of drug-likeness (QED) is 0.754. The first kappa shape index (κ1) is 12.3. The third-order valence-corrected chi connectivity index (χ3v) is 3.86. The van der Waals surface area contributed by atoms with Gasteiger partial charge in [0.1, 0.15) is 0 Å². The van der Waals surface area contributed by atoms with Crippen molar-refractivity contribution >= 4 is 32.4 Å². The van der Waals surface area contributed by atoms with E-state index < -0.39 is 10.1 Å². The van der Waals surface area contributed by atoms with E-state index in [0.29, 0.717) is 11.4 Å². The second-order valence-electron chi connectivity index (χ2n) is 4.17. The van der Waals surface area contributed by atoms with Gasteiger partial charge in [0.2, 0.25) is 0 Å². The van der Waals surface area contributed by atoms with E-state index in [2.05, 4.69) is 4.98 Å². The van der Waals surface area contributed by atoms with Crippen LogP contribution in [-0.2, 0) is 10.1 Å². The molecule has 0 radical (unpaired) electrons. The van der Waals surface area contributed by atoms with Crippen LogP contribution in [0.5, 0.6) is 5.75 Å². The van der Waals surface area contributed by atoms with Gasteiger partial charge in [0, 0.05) is 21.8 Å². The number of nitrogens with one attached hydrogen (secondary N) is 1. The maximum atomic E-state index is 11.4. The van der Waals surface area contributed by atoms with Crippen molar-refractivity contribution < 1.29 is 12.6 Å². The van der Waals surface area contributed by atoms with Gasteiger partial charge >= 0.3 is 10.1 Å². The Bertz CT molecular complexity index is 817. The van der Waals surface area contributed by atoms with Crippen molar-refractivity contribution in [3.8, 4) is 17.0 Å². The van der Waals surface area contributed by atoms with Gasteiger partial charge in [-0.3, -0.25) is 0 Å². The molecule has 19 heavy (non-hydrogen) atoms. The Balaban J connectivity index is 2.29. The number of hydrogen-bond donors (Lipinski definition) is 1. The van der Waals surface area contributed by atoms with Gasteiger partial charge in [-0.1, -0.05) is 12.1 Å². The number of hydrogen-bond acceptors (Lipinski definition) is 4. The zero-order valence-corrected chi connectivity index (χ0v) is 11.7. The van der Waals surface area contributed by atoms with Crippen molar-refractivity contribution in [1.82, 2.24) is 4.98 Å². The van der Waals surface area contributed by atoms with E-state index in [1.807, 2.05) is 41.1 Å². The van der Waals surface area contributed by atoms with Gasteiger partial charge < -0.3 is 9.17 Å². The Kier molecular flexibility index (Phi) is 2.83. The minimum atomic E-state index is -3.57. The molecular formula is C13H11NO3S2. The zero-order valence-electron chi connectivity index (χ0n) is 10.1. The minimum absolute atomic E-state index is 0.358. The standard InChI is InChI=1S/C13H11NO3S2/c1-19(15,16)17-13-10-4-2-3-5-11(10)14-12(13)9-6-7-18-8-9/h2-8,14H,1H3. The van der Waals surface area contributed by atoms with Gasteiger partial charge in [-0.2, -0.15) is 19.8 Å². The Morgan fingerprint density at radius 3 is 2.68 bits per heavy atom. The Morgan fingerprint density at radius 2 is 2.00 bits per heavy atom. The van der Waals surface area contributed by atoms with E-state index in [0.717, 1.165) is 22.7 Å². The second-order valence-corrected chi connectivity index (χ2v) is 6.53. The van der Waals surface area contributed by atoms with Crippen LogP contribution in [0.2, 0.25) is 0 Å². The van der Waals surface area contributed by atoms with E-state index in [1.54, 1.807) is 11.3 Å². The normalized spacial score (nSPS) is 11.8. The molecule has 2 heterocycles. The second kappa shape index (κ2) is 4.40. The number of H-pyrrole nitrogens is 1. The summed E-state index contributed by atoms with van der Waals surface area (Å²) in [6, 6.07) is 9.39. The molecule has 0 unspecified atom stereocenters. The number of thiophene rings is 1. The summed E-state index contributed by atoms with van der Waals surface area (Å²) in [4.78, 5) is 3.21. The largest absolute Gasteiger partial charge is 0.380 e. The van der Waals surface area contributed by atoms with Gasteiger partial charge in [-0.15, -0.1) is 0 Å². The van der Waals surface area contributed by atoms with Crippen LogP contribution in [0.3, 0.4) is 0 Å². The lowest BCUT2D eigenvalue weighted by Crippen LogP contribution is -2.06. The highest BCUT2D eigenvalue weighted by atomic mass is 32.2. The fraction of sp³-hybridized carbons (Fsp3) is 0.0769. The van der Waals surface area contributed by atoms with Crippen LogP contribution in [0.15, 0.2) is 41.1 Å². The van der Waals surface area contributed by atoms with Crippen molar-refractivity contribution in [3.63, 3.8) is 0 Å². The lowest BCUT2D eigenvalue weighted by atomic mass is 10.2. The van der Waals surface area contributed by atoms with Crippen LogP contribution >= 0.6 is 11.3 Å². The summed E-state index contributed by atoms with van der Waals surface area (Å²) in [6.45, 7) is 0. The first-order valence-electron chi connectivity index (χ1n) is 5.57. The molecule has 6 heteroatoms. The molecule has 1 N–H and O–H groups in total. The molecule has 0 amide bonds. The molecule has 3 rings (SSSR count). The number of fused-ring (bicyclic) bond motifs is 1. The molecule has 4 nitrogen and oxygen atoms in total. The predicted octanol–water partition coefficient (Wildman–Crippen LogP) is 3.23. The molecule has 2 aromatic heterocycles. The minimum Gasteiger partial charge on any atom is -0.380 e. The lowest BCUT2D eigenvalue weighted by Gasteiger charge is -2.04. The fourth-order valence-electron chi connectivity index (χ4n) is 1.96. The summed E-state index contributed by atoms with van der Waals surface area (Å²) in [6.07, 6.45) is 1.05. The average Bonchev–Trinajstić information content (AvgIpc) is 2.95. The maximum Gasteiger partial charge on any atom is 0.306 e. The van der Waals surface area contributed by atoms with E-state index >= 15 is 0 Å². The Morgan fingerprint density at radius 1 is 1.21 bits per heavy atom. The third-order valence-electron chi connectivity index (χ3n) is 2.70. The van der Waals surface area contributed by atoms with Crippen LogP contribution in [-0.4, -0.2) is 19.7 Å². The molecule has 0 fully saturated rings. The highest BCUT2D eigenvalue weighted by molar-refractivity contribution is 7.86. The van der Waals surface area contributed by atoms with Crippen LogP contribution in [0.4, 0.5) is 0 Å². The van der Waals surface area contributed by atoms with Crippen LogP contribution in [0, 0.1) is 0 Å². The number of rotatable bonds is 3. The van der Waals surface area contributed by atoms with Crippen molar-refractivity contribution in [2.75, 3.05) is 6.26 Å². The summed E-state index contributed by atoms with van der Waals surface area (Å²) in [5, 5.41) is 4.64. The maximum absolute atomic E-state index is 11.4. The molecule has 3 aromatic rings. The molecule has 0 aliphatic carbocycles. The van der Waals surface area contributed by atoms with Crippen LogP contribution < -0.4 is 4.18 Å². The molecule has 0 aliphatic heterocycles. The van der Waals surface area contributed by atoms with Crippen LogP contribution in [0.25, 0.3) is 22.2 Å². The summed E-state index contributed by atoms with van der Waals surface area (Å²) in [5.74, 6) is 0.358. The molecule has 0 aliphatic rings.